The van der Waals surface area contributed by atoms with Crippen LogP contribution in [-0.4, -0.2) is 14.2 Å². The van der Waals surface area contributed by atoms with E-state index in [0.717, 1.165) is 11.1 Å². The molecule has 1 unspecified atom stereocenters. The first-order chi connectivity index (χ1) is 6.08. The van der Waals surface area contributed by atoms with Crippen molar-refractivity contribution < 1.29 is 8.42 Å². The second-order valence-electron chi connectivity index (χ2n) is 3.36. The van der Waals surface area contributed by atoms with Crippen LogP contribution in [0.1, 0.15) is 17.2 Å². The molecule has 4 heteroatoms. The average molecular weight is 197 g/mol. The Balaban J connectivity index is 2.55. The van der Waals surface area contributed by atoms with E-state index in [4.69, 9.17) is 5.73 Å². The molecule has 13 heavy (non-hydrogen) atoms. The SMILES string of the molecule is NC1CS(=O)(=O)Cc2ccccc21. The molecule has 1 aliphatic heterocycles. The average Bonchev–Trinajstić information content (AvgIpc) is 2.02. The number of rotatable bonds is 0. The Morgan fingerprint density at radius 3 is 2.77 bits per heavy atom. The van der Waals surface area contributed by atoms with E-state index in [1.807, 2.05) is 24.3 Å². The molecule has 1 heterocycles. The van der Waals surface area contributed by atoms with Gasteiger partial charge in [0, 0.05) is 6.04 Å². The third kappa shape index (κ3) is 1.59. The quantitative estimate of drug-likeness (QED) is 0.663. The first-order valence-electron chi connectivity index (χ1n) is 4.12. The van der Waals surface area contributed by atoms with E-state index in [9.17, 15) is 8.42 Å². The molecule has 2 N–H and O–H groups in total. The fourth-order valence-electron chi connectivity index (χ4n) is 1.69. The lowest BCUT2D eigenvalue weighted by molar-refractivity contribution is 0.582. The molecule has 3 nitrogen and oxygen atoms in total. The van der Waals surface area contributed by atoms with E-state index in [1.54, 1.807) is 0 Å². The Labute approximate surface area is 77.5 Å². The molecule has 0 aliphatic carbocycles. The topological polar surface area (TPSA) is 60.2 Å². The lowest BCUT2D eigenvalue weighted by atomic mass is 10.0. The van der Waals surface area contributed by atoms with Gasteiger partial charge in [-0.2, -0.15) is 0 Å². The van der Waals surface area contributed by atoms with Crippen LogP contribution in [0.4, 0.5) is 0 Å². The summed E-state index contributed by atoms with van der Waals surface area (Å²) in [7, 11) is -2.97. The molecule has 0 bridgehead atoms. The van der Waals surface area contributed by atoms with Crippen LogP contribution < -0.4 is 5.73 Å². The van der Waals surface area contributed by atoms with Crippen LogP contribution >= 0.6 is 0 Å². The summed E-state index contributed by atoms with van der Waals surface area (Å²) >= 11 is 0. The highest BCUT2D eigenvalue weighted by atomic mass is 32.2. The second-order valence-corrected chi connectivity index (χ2v) is 5.47. The maximum Gasteiger partial charge on any atom is 0.156 e. The molecule has 0 radical (unpaired) electrons. The van der Waals surface area contributed by atoms with Gasteiger partial charge in [-0.05, 0) is 11.1 Å². The van der Waals surface area contributed by atoms with Crippen molar-refractivity contribution in [2.45, 2.75) is 11.8 Å². The molecule has 1 aromatic rings. The van der Waals surface area contributed by atoms with Crippen molar-refractivity contribution in [3.8, 4) is 0 Å². The smallest absolute Gasteiger partial charge is 0.156 e. The number of hydrogen-bond acceptors (Lipinski definition) is 3. The van der Waals surface area contributed by atoms with Crippen molar-refractivity contribution in [3.63, 3.8) is 0 Å². The summed E-state index contributed by atoms with van der Waals surface area (Å²) < 4.78 is 22.7. The summed E-state index contributed by atoms with van der Waals surface area (Å²) in [6.07, 6.45) is 0. The van der Waals surface area contributed by atoms with Crippen LogP contribution in [0.15, 0.2) is 24.3 Å². The normalized spacial score (nSPS) is 25.2. The van der Waals surface area contributed by atoms with Gasteiger partial charge in [-0.25, -0.2) is 8.42 Å². The lowest BCUT2D eigenvalue weighted by Gasteiger charge is -2.21. The minimum Gasteiger partial charge on any atom is -0.323 e. The Kier molecular flexibility index (Phi) is 1.89. The number of hydrogen-bond donors (Lipinski definition) is 1. The van der Waals surface area contributed by atoms with Gasteiger partial charge in [-0.3, -0.25) is 0 Å². The van der Waals surface area contributed by atoms with Crippen molar-refractivity contribution in [2.75, 3.05) is 5.75 Å². The van der Waals surface area contributed by atoms with Crippen molar-refractivity contribution in [1.82, 2.24) is 0 Å². The molecule has 1 aliphatic rings. The fraction of sp³-hybridized carbons (Fsp3) is 0.333. The third-order valence-electron chi connectivity index (χ3n) is 2.26. The maximum absolute atomic E-state index is 11.3. The highest BCUT2D eigenvalue weighted by molar-refractivity contribution is 7.90. The Hall–Kier alpha value is -0.870. The summed E-state index contributed by atoms with van der Waals surface area (Å²) in [6.45, 7) is 0. The van der Waals surface area contributed by atoms with Gasteiger partial charge in [-0.15, -0.1) is 0 Å². The molecule has 0 aromatic heterocycles. The minimum atomic E-state index is -2.97. The summed E-state index contributed by atoms with van der Waals surface area (Å²) in [5, 5.41) is 0. The van der Waals surface area contributed by atoms with Gasteiger partial charge in [0.15, 0.2) is 9.84 Å². The monoisotopic (exact) mass is 197 g/mol. The van der Waals surface area contributed by atoms with Crippen LogP contribution in [0.25, 0.3) is 0 Å². The number of fused-ring (bicyclic) bond motifs is 1. The van der Waals surface area contributed by atoms with Gasteiger partial charge in [0.05, 0.1) is 11.5 Å². The summed E-state index contributed by atoms with van der Waals surface area (Å²) in [4.78, 5) is 0. The van der Waals surface area contributed by atoms with E-state index >= 15 is 0 Å². The van der Waals surface area contributed by atoms with Gasteiger partial charge >= 0.3 is 0 Å². The second kappa shape index (κ2) is 2.82. The largest absolute Gasteiger partial charge is 0.323 e. The molecular formula is C9H11NO2S. The minimum absolute atomic E-state index is 0.0734. The number of benzene rings is 1. The van der Waals surface area contributed by atoms with Gasteiger partial charge in [0.25, 0.3) is 0 Å². The summed E-state index contributed by atoms with van der Waals surface area (Å²) in [6, 6.07) is 7.10. The van der Waals surface area contributed by atoms with Crippen LogP contribution in [-0.2, 0) is 15.6 Å². The third-order valence-corrected chi connectivity index (χ3v) is 3.88. The zero-order valence-corrected chi connectivity index (χ0v) is 7.92. The molecule has 0 amide bonds. The summed E-state index contributed by atoms with van der Waals surface area (Å²) in [5.74, 6) is 0.209. The Morgan fingerprint density at radius 1 is 1.31 bits per heavy atom. The van der Waals surface area contributed by atoms with Crippen LogP contribution in [0, 0.1) is 0 Å². The van der Waals surface area contributed by atoms with Gasteiger partial charge in [0.2, 0.25) is 0 Å². The van der Waals surface area contributed by atoms with Gasteiger partial charge < -0.3 is 5.73 Å². The van der Waals surface area contributed by atoms with Crippen molar-refractivity contribution >= 4 is 9.84 Å². The van der Waals surface area contributed by atoms with Crippen LogP contribution in [0.5, 0.6) is 0 Å². The van der Waals surface area contributed by atoms with Crippen LogP contribution in [0.2, 0.25) is 0 Å². The zero-order chi connectivity index (χ0) is 9.47. The molecule has 70 valence electrons. The molecule has 0 fully saturated rings. The maximum atomic E-state index is 11.3. The van der Waals surface area contributed by atoms with E-state index in [-0.39, 0.29) is 17.5 Å². The Bertz CT molecular complexity index is 425. The van der Waals surface area contributed by atoms with E-state index in [0.29, 0.717) is 0 Å². The highest BCUT2D eigenvalue weighted by Gasteiger charge is 2.26. The van der Waals surface area contributed by atoms with Crippen molar-refractivity contribution in [1.29, 1.82) is 0 Å². The fourth-order valence-corrected chi connectivity index (χ4v) is 3.27. The standard InChI is InChI=1S/C9H11NO2S/c10-9-6-13(11,12)5-7-3-1-2-4-8(7)9/h1-4,9H,5-6,10H2. The predicted molar refractivity (Wildman–Crippen MR) is 50.9 cm³/mol. The lowest BCUT2D eigenvalue weighted by Crippen LogP contribution is -2.28. The van der Waals surface area contributed by atoms with E-state index < -0.39 is 9.84 Å². The van der Waals surface area contributed by atoms with E-state index in [1.165, 1.54) is 0 Å². The predicted octanol–water partition coefficient (Wildman–Crippen LogP) is 0.615. The molecule has 0 spiro atoms. The molecular weight excluding hydrogens is 186 g/mol. The summed E-state index contributed by atoms with van der Waals surface area (Å²) in [5.41, 5.74) is 7.56. The number of nitrogens with two attached hydrogens (primary N) is 1. The highest BCUT2D eigenvalue weighted by Crippen LogP contribution is 2.25. The first kappa shape index (κ1) is 8.72. The Morgan fingerprint density at radius 2 is 2.00 bits per heavy atom. The molecule has 1 atom stereocenters. The molecule has 1 aromatic carbocycles. The molecule has 0 saturated carbocycles. The zero-order valence-electron chi connectivity index (χ0n) is 7.10. The van der Waals surface area contributed by atoms with Crippen LogP contribution in [0.3, 0.4) is 0 Å². The van der Waals surface area contributed by atoms with Gasteiger partial charge in [-0.1, -0.05) is 24.3 Å². The first-order valence-corrected chi connectivity index (χ1v) is 5.94. The van der Waals surface area contributed by atoms with E-state index in [2.05, 4.69) is 0 Å². The molecule has 2 rings (SSSR count). The number of sulfone groups is 1. The van der Waals surface area contributed by atoms with Crippen molar-refractivity contribution in [3.05, 3.63) is 35.4 Å². The molecule has 0 saturated heterocycles. The van der Waals surface area contributed by atoms with Crippen molar-refractivity contribution in [2.24, 2.45) is 5.73 Å². The van der Waals surface area contributed by atoms with Gasteiger partial charge in [0.1, 0.15) is 0 Å².